The standard InChI is InChI=1S/C17H14N2O/c1-13(20)19-17-10-6-5-9-16(17)15(12-18)11-14-7-3-2-4-8-14/h2-11H,1H3,(H,19,20)/b15-11-. The van der Waals surface area contributed by atoms with Gasteiger partial charge in [-0.25, -0.2) is 0 Å². The van der Waals surface area contributed by atoms with Crippen LogP contribution in [0, 0.1) is 11.3 Å². The van der Waals surface area contributed by atoms with Crippen LogP contribution in [0.4, 0.5) is 5.69 Å². The molecular weight excluding hydrogens is 248 g/mol. The van der Waals surface area contributed by atoms with Crippen LogP contribution in [0.1, 0.15) is 18.1 Å². The molecule has 0 saturated heterocycles. The second kappa shape index (κ2) is 6.35. The quantitative estimate of drug-likeness (QED) is 0.677. The van der Waals surface area contributed by atoms with E-state index in [1.54, 1.807) is 12.1 Å². The Kier molecular flexibility index (Phi) is 4.31. The number of amides is 1. The lowest BCUT2D eigenvalue weighted by Crippen LogP contribution is -2.07. The maximum absolute atomic E-state index is 11.2. The monoisotopic (exact) mass is 262 g/mol. The van der Waals surface area contributed by atoms with Crippen molar-refractivity contribution in [1.82, 2.24) is 0 Å². The number of hydrogen-bond donors (Lipinski definition) is 1. The van der Waals surface area contributed by atoms with E-state index in [0.717, 1.165) is 5.56 Å². The molecule has 0 unspecified atom stereocenters. The van der Waals surface area contributed by atoms with Crippen LogP contribution in [0.5, 0.6) is 0 Å². The van der Waals surface area contributed by atoms with Crippen molar-refractivity contribution in [3.05, 3.63) is 65.7 Å². The van der Waals surface area contributed by atoms with Crippen molar-refractivity contribution in [2.24, 2.45) is 0 Å². The Morgan fingerprint density at radius 1 is 1.10 bits per heavy atom. The number of carbonyl (C=O) groups is 1. The van der Waals surface area contributed by atoms with Gasteiger partial charge >= 0.3 is 0 Å². The van der Waals surface area contributed by atoms with Gasteiger partial charge in [0, 0.05) is 18.2 Å². The van der Waals surface area contributed by atoms with E-state index in [1.807, 2.05) is 48.5 Å². The fourth-order valence-corrected chi connectivity index (χ4v) is 1.90. The van der Waals surface area contributed by atoms with Crippen molar-refractivity contribution in [2.75, 3.05) is 5.32 Å². The molecule has 1 amide bonds. The summed E-state index contributed by atoms with van der Waals surface area (Å²) in [5.41, 5.74) is 2.82. The Balaban J connectivity index is 2.46. The number of nitrogens with zero attached hydrogens (tertiary/aromatic N) is 1. The molecule has 3 heteroatoms. The van der Waals surface area contributed by atoms with Gasteiger partial charge in [0.05, 0.1) is 11.6 Å². The highest BCUT2D eigenvalue weighted by atomic mass is 16.1. The van der Waals surface area contributed by atoms with Crippen LogP contribution >= 0.6 is 0 Å². The van der Waals surface area contributed by atoms with Crippen LogP contribution in [-0.4, -0.2) is 5.91 Å². The summed E-state index contributed by atoms with van der Waals surface area (Å²) in [5, 5.41) is 12.1. The van der Waals surface area contributed by atoms with Crippen molar-refractivity contribution in [3.63, 3.8) is 0 Å². The second-order valence-electron chi connectivity index (χ2n) is 4.31. The summed E-state index contributed by atoms with van der Waals surface area (Å²) in [5.74, 6) is -0.158. The molecule has 1 N–H and O–H groups in total. The van der Waals surface area contributed by atoms with Gasteiger partial charge < -0.3 is 5.32 Å². The van der Waals surface area contributed by atoms with Crippen LogP contribution < -0.4 is 5.32 Å². The fraction of sp³-hybridized carbons (Fsp3) is 0.0588. The molecule has 0 aliphatic heterocycles. The first-order valence-electron chi connectivity index (χ1n) is 6.24. The van der Waals surface area contributed by atoms with E-state index in [1.165, 1.54) is 6.92 Å². The number of benzene rings is 2. The van der Waals surface area contributed by atoms with Gasteiger partial charge in [-0.1, -0.05) is 48.5 Å². The smallest absolute Gasteiger partial charge is 0.221 e. The molecule has 0 aliphatic rings. The molecule has 0 spiro atoms. The number of para-hydroxylation sites is 1. The van der Waals surface area contributed by atoms with Crippen molar-refractivity contribution < 1.29 is 4.79 Å². The molecule has 0 fully saturated rings. The van der Waals surface area contributed by atoms with Gasteiger partial charge in [-0.05, 0) is 17.7 Å². The maximum atomic E-state index is 11.2. The van der Waals surface area contributed by atoms with E-state index in [9.17, 15) is 10.1 Å². The highest BCUT2D eigenvalue weighted by Gasteiger charge is 2.08. The minimum atomic E-state index is -0.158. The van der Waals surface area contributed by atoms with Crippen molar-refractivity contribution in [3.8, 4) is 6.07 Å². The van der Waals surface area contributed by atoms with Crippen LogP contribution in [0.3, 0.4) is 0 Å². The number of anilines is 1. The summed E-state index contributed by atoms with van der Waals surface area (Å²) in [6.45, 7) is 1.45. The van der Waals surface area contributed by atoms with Crippen molar-refractivity contribution in [1.29, 1.82) is 5.26 Å². The predicted molar refractivity (Wildman–Crippen MR) is 80.7 cm³/mol. The Hall–Kier alpha value is -2.86. The number of carbonyl (C=O) groups excluding carboxylic acids is 1. The molecule has 98 valence electrons. The zero-order chi connectivity index (χ0) is 14.4. The van der Waals surface area contributed by atoms with Gasteiger partial charge in [0.1, 0.15) is 0 Å². The van der Waals surface area contributed by atoms with Gasteiger partial charge in [-0.3, -0.25) is 4.79 Å². The Bertz CT molecular complexity index is 682. The van der Waals surface area contributed by atoms with Crippen LogP contribution in [0.25, 0.3) is 11.6 Å². The summed E-state index contributed by atoms with van der Waals surface area (Å²) in [6.07, 6.45) is 1.81. The average molecular weight is 262 g/mol. The first kappa shape index (κ1) is 13.6. The lowest BCUT2D eigenvalue weighted by molar-refractivity contribution is -0.114. The summed E-state index contributed by atoms with van der Waals surface area (Å²) in [6, 6.07) is 19.1. The number of allylic oxidation sites excluding steroid dienone is 1. The highest BCUT2D eigenvalue weighted by molar-refractivity contribution is 5.98. The second-order valence-corrected chi connectivity index (χ2v) is 4.31. The molecule has 0 atom stereocenters. The number of hydrogen-bond acceptors (Lipinski definition) is 2. The van der Waals surface area contributed by atoms with E-state index >= 15 is 0 Å². The van der Waals surface area contributed by atoms with Crippen LogP contribution in [0.15, 0.2) is 54.6 Å². The van der Waals surface area contributed by atoms with Gasteiger partial charge in [0.25, 0.3) is 0 Å². The first-order valence-corrected chi connectivity index (χ1v) is 6.24. The topological polar surface area (TPSA) is 52.9 Å². The Labute approximate surface area is 118 Å². The van der Waals surface area contributed by atoms with Crippen LogP contribution in [0.2, 0.25) is 0 Å². The predicted octanol–water partition coefficient (Wildman–Crippen LogP) is 3.71. The molecule has 0 heterocycles. The molecule has 0 bridgehead atoms. The molecule has 0 radical (unpaired) electrons. The first-order chi connectivity index (χ1) is 9.70. The molecule has 0 aromatic heterocycles. The van der Waals surface area contributed by atoms with E-state index in [0.29, 0.717) is 16.8 Å². The Morgan fingerprint density at radius 2 is 1.75 bits per heavy atom. The summed E-state index contributed by atoms with van der Waals surface area (Å²) in [4.78, 5) is 11.2. The minimum absolute atomic E-state index is 0.158. The van der Waals surface area contributed by atoms with Gasteiger partial charge in [-0.15, -0.1) is 0 Å². The van der Waals surface area contributed by atoms with Gasteiger partial charge in [0.2, 0.25) is 5.91 Å². The number of nitriles is 1. The third kappa shape index (κ3) is 3.33. The molecule has 3 nitrogen and oxygen atoms in total. The van der Waals surface area contributed by atoms with E-state index < -0.39 is 0 Å². The minimum Gasteiger partial charge on any atom is -0.326 e. The zero-order valence-electron chi connectivity index (χ0n) is 11.1. The van der Waals surface area contributed by atoms with E-state index in [4.69, 9.17) is 0 Å². The lowest BCUT2D eigenvalue weighted by Gasteiger charge is -2.08. The molecule has 0 saturated carbocycles. The van der Waals surface area contributed by atoms with Gasteiger partial charge in [-0.2, -0.15) is 5.26 Å². The molecule has 20 heavy (non-hydrogen) atoms. The largest absolute Gasteiger partial charge is 0.326 e. The number of rotatable bonds is 3. The highest BCUT2D eigenvalue weighted by Crippen LogP contribution is 2.25. The fourth-order valence-electron chi connectivity index (χ4n) is 1.90. The summed E-state index contributed by atoms with van der Waals surface area (Å²) in [7, 11) is 0. The SMILES string of the molecule is CC(=O)Nc1ccccc1/C(C#N)=C\c1ccccc1. The van der Waals surface area contributed by atoms with Crippen molar-refractivity contribution >= 4 is 23.2 Å². The maximum Gasteiger partial charge on any atom is 0.221 e. The summed E-state index contributed by atoms with van der Waals surface area (Å²) < 4.78 is 0. The molecule has 0 aliphatic carbocycles. The van der Waals surface area contributed by atoms with Gasteiger partial charge in [0.15, 0.2) is 0 Å². The Morgan fingerprint density at radius 3 is 2.40 bits per heavy atom. The third-order valence-electron chi connectivity index (χ3n) is 2.76. The third-order valence-corrected chi connectivity index (χ3v) is 2.76. The van der Waals surface area contributed by atoms with Crippen LogP contribution in [-0.2, 0) is 4.79 Å². The van der Waals surface area contributed by atoms with E-state index in [-0.39, 0.29) is 5.91 Å². The lowest BCUT2D eigenvalue weighted by atomic mass is 10.0. The average Bonchev–Trinajstić information content (AvgIpc) is 2.46. The summed E-state index contributed by atoms with van der Waals surface area (Å²) >= 11 is 0. The van der Waals surface area contributed by atoms with Crippen molar-refractivity contribution in [2.45, 2.75) is 6.92 Å². The number of nitrogens with one attached hydrogen (secondary N) is 1. The molecular formula is C17H14N2O. The molecule has 2 aromatic rings. The molecule has 2 aromatic carbocycles. The molecule has 2 rings (SSSR count). The van der Waals surface area contributed by atoms with E-state index in [2.05, 4.69) is 11.4 Å². The normalized spacial score (nSPS) is 10.7. The zero-order valence-corrected chi connectivity index (χ0v) is 11.1.